The molecule has 35 heavy (non-hydrogen) atoms. The van der Waals surface area contributed by atoms with E-state index >= 15 is 0 Å². The van der Waals surface area contributed by atoms with Crippen LogP contribution in [-0.4, -0.2) is 71.1 Å². The van der Waals surface area contributed by atoms with Gasteiger partial charge >= 0.3 is 0 Å². The summed E-state index contributed by atoms with van der Waals surface area (Å²) in [6.45, 7) is 6.27. The maximum Gasteiger partial charge on any atom is 0.258 e. The number of aryl methyl sites for hydroxylation is 3. The summed E-state index contributed by atoms with van der Waals surface area (Å²) in [5.41, 5.74) is 5.93. The number of aliphatic hydroxyl groups excluding tert-OH is 2. The standard InChI is InChI=1S/C26H34N4O5/c1-6-18-11-21(10-17(3)24(18)34-15-22(32)12-27-23(33)14-31)25-28-26(35-29-25)19-7-8-20(13-30(4)5)16(2)9-19/h7-11,22,31-32H,6,12-15H2,1-5H3,(H,27,33). The van der Waals surface area contributed by atoms with Crippen LogP contribution in [-0.2, 0) is 17.8 Å². The summed E-state index contributed by atoms with van der Waals surface area (Å²) in [6.07, 6.45) is -0.194. The van der Waals surface area contributed by atoms with Gasteiger partial charge in [-0.3, -0.25) is 4.79 Å². The van der Waals surface area contributed by atoms with E-state index in [1.54, 1.807) is 0 Å². The average Bonchev–Trinajstić information content (AvgIpc) is 3.32. The van der Waals surface area contributed by atoms with Gasteiger partial charge in [-0.25, -0.2) is 0 Å². The van der Waals surface area contributed by atoms with Crippen LogP contribution in [0.25, 0.3) is 22.8 Å². The number of amides is 1. The van der Waals surface area contributed by atoms with Gasteiger partial charge in [0.15, 0.2) is 0 Å². The molecule has 9 nitrogen and oxygen atoms in total. The monoisotopic (exact) mass is 482 g/mol. The van der Waals surface area contributed by atoms with Gasteiger partial charge in [-0.15, -0.1) is 0 Å². The molecule has 9 heteroatoms. The van der Waals surface area contributed by atoms with Crippen molar-refractivity contribution >= 4 is 5.91 Å². The average molecular weight is 483 g/mol. The van der Waals surface area contributed by atoms with Crippen molar-refractivity contribution in [2.24, 2.45) is 0 Å². The molecular weight excluding hydrogens is 448 g/mol. The highest BCUT2D eigenvalue weighted by Crippen LogP contribution is 2.31. The highest BCUT2D eigenvalue weighted by molar-refractivity contribution is 5.76. The van der Waals surface area contributed by atoms with Crippen LogP contribution < -0.4 is 10.1 Å². The first kappa shape index (κ1) is 26.3. The lowest BCUT2D eigenvalue weighted by Gasteiger charge is -2.17. The molecule has 0 bridgehead atoms. The summed E-state index contributed by atoms with van der Waals surface area (Å²) < 4.78 is 11.4. The van der Waals surface area contributed by atoms with Gasteiger partial charge in [0, 0.05) is 24.2 Å². The van der Waals surface area contributed by atoms with Gasteiger partial charge in [0.1, 0.15) is 25.1 Å². The number of carbonyl (C=O) groups excluding carboxylic acids is 1. The molecule has 0 saturated carbocycles. The zero-order chi connectivity index (χ0) is 25.5. The van der Waals surface area contributed by atoms with Crippen LogP contribution in [0.3, 0.4) is 0 Å². The fourth-order valence-corrected chi connectivity index (χ4v) is 3.78. The molecule has 0 aliphatic carbocycles. The van der Waals surface area contributed by atoms with E-state index in [-0.39, 0.29) is 13.2 Å². The van der Waals surface area contributed by atoms with Crippen molar-refractivity contribution in [3.8, 4) is 28.6 Å². The Kier molecular flexibility index (Phi) is 8.97. The SMILES string of the molecule is CCc1cc(-c2noc(-c3ccc(CN(C)C)c(C)c3)n2)cc(C)c1OCC(O)CNC(=O)CO. The Morgan fingerprint density at radius 3 is 2.54 bits per heavy atom. The number of nitrogens with one attached hydrogen (secondary N) is 1. The topological polar surface area (TPSA) is 121 Å². The highest BCUT2D eigenvalue weighted by atomic mass is 16.5. The number of nitrogens with zero attached hydrogens (tertiary/aromatic N) is 3. The van der Waals surface area contributed by atoms with Crippen LogP contribution in [0.15, 0.2) is 34.9 Å². The molecule has 188 valence electrons. The van der Waals surface area contributed by atoms with Gasteiger partial charge in [-0.05, 0) is 80.9 Å². The first-order chi connectivity index (χ1) is 16.7. The Morgan fingerprint density at radius 1 is 1.14 bits per heavy atom. The maximum atomic E-state index is 11.1. The van der Waals surface area contributed by atoms with Crippen LogP contribution in [0.4, 0.5) is 0 Å². The minimum atomic E-state index is -0.901. The number of rotatable bonds is 11. The molecule has 0 radical (unpaired) electrons. The molecule has 1 aromatic heterocycles. The van der Waals surface area contributed by atoms with E-state index in [2.05, 4.69) is 39.4 Å². The fraction of sp³-hybridized carbons (Fsp3) is 0.423. The van der Waals surface area contributed by atoms with Crippen LogP contribution in [0, 0.1) is 13.8 Å². The van der Waals surface area contributed by atoms with Crippen LogP contribution in [0.1, 0.15) is 29.2 Å². The van der Waals surface area contributed by atoms with Gasteiger partial charge in [-0.2, -0.15) is 4.98 Å². The fourth-order valence-electron chi connectivity index (χ4n) is 3.78. The van der Waals surface area contributed by atoms with Crippen LogP contribution in [0.2, 0.25) is 0 Å². The Balaban J connectivity index is 1.76. The van der Waals surface area contributed by atoms with Crippen molar-refractivity contribution in [1.29, 1.82) is 0 Å². The number of carbonyl (C=O) groups is 1. The number of hydrogen-bond acceptors (Lipinski definition) is 8. The van der Waals surface area contributed by atoms with Crippen molar-refractivity contribution in [3.63, 3.8) is 0 Å². The zero-order valence-electron chi connectivity index (χ0n) is 21.0. The van der Waals surface area contributed by atoms with Crippen molar-refractivity contribution in [2.75, 3.05) is 33.9 Å². The first-order valence-corrected chi connectivity index (χ1v) is 11.6. The summed E-state index contributed by atoms with van der Waals surface area (Å²) >= 11 is 0. The van der Waals surface area contributed by atoms with Crippen LogP contribution >= 0.6 is 0 Å². The van der Waals surface area contributed by atoms with E-state index in [4.69, 9.17) is 14.4 Å². The number of aliphatic hydroxyl groups is 2. The van der Waals surface area contributed by atoms with Gasteiger partial charge < -0.3 is 29.7 Å². The molecule has 0 aliphatic heterocycles. The van der Waals surface area contributed by atoms with E-state index < -0.39 is 18.6 Å². The second kappa shape index (κ2) is 11.9. The molecule has 0 aliphatic rings. The third-order valence-electron chi connectivity index (χ3n) is 5.59. The predicted octanol–water partition coefficient (Wildman–Crippen LogP) is 2.49. The van der Waals surface area contributed by atoms with E-state index in [0.29, 0.717) is 23.9 Å². The third kappa shape index (κ3) is 6.88. The van der Waals surface area contributed by atoms with Crippen molar-refractivity contribution in [1.82, 2.24) is 20.4 Å². The summed E-state index contributed by atoms with van der Waals surface area (Å²) in [4.78, 5) is 17.9. The molecule has 3 aromatic rings. The van der Waals surface area contributed by atoms with E-state index in [9.17, 15) is 9.90 Å². The van der Waals surface area contributed by atoms with Crippen molar-refractivity contribution in [2.45, 2.75) is 39.8 Å². The summed E-state index contributed by atoms with van der Waals surface area (Å²) in [7, 11) is 4.09. The minimum Gasteiger partial charge on any atom is -0.490 e. The highest BCUT2D eigenvalue weighted by Gasteiger charge is 2.17. The molecule has 1 amide bonds. The lowest BCUT2D eigenvalue weighted by Crippen LogP contribution is -2.36. The number of benzene rings is 2. The van der Waals surface area contributed by atoms with Gasteiger partial charge in [0.05, 0.1) is 0 Å². The Morgan fingerprint density at radius 2 is 1.89 bits per heavy atom. The minimum absolute atomic E-state index is 0.000776. The van der Waals surface area contributed by atoms with Gasteiger partial charge in [0.2, 0.25) is 11.7 Å². The maximum absolute atomic E-state index is 11.1. The second-order valence-electron chi connectivity index (χ2n) is 8.86. The Labute approximate surface area is 205 Å². The van der Waals surface area contributed by atoms with E-state index in [0.717, 1.165) is 28.8 Å². The van der Waals surface area contributed by atoms with Gasteiger partial charge in [0.25, 0.3) is 5.89 Å². The molecule has 1 unspecified atom stereocenters. The summed E-state index contributed by atoms with van der Waals surface area (Å²) in [5.74, 6) is 1.09. The van der Waals surface area contributed by atoms with Crippen molar-refractivity contribution < 1.29 is 24.3 Å². The summed E-state index contributed by atoms with van der Waals surface area (Å²) in [6, 6.07) is 10.0. The Hall–Kier alpha value is -3.27. The normalized spacial score (nSPS) is 12.1. The lowest BCUT2D eigenvalue weighted by molar-refractivity contribution is -0.124. The smallest absolute Gasteiger partial charge is 0.258 e. The molecule has 1 atom stereocenters. The number of ether oxygens (including phenoxy) is 1. The predicted molar refractivity (Wildman–Crippen MR) is 133 cm³/mol. The molecule has 3 N–H and O–H groups in total. The number of hydrogen-bond donors (Lipinski definition) is 3. The molecule has 1 heterocycles. The lowest BCUT2D eigenvalue weighted by atomic mass is 10.0. The van der Waals surface area contributed by atoms with E-state index in [1.807, 2.05) is 46.1 Å². The number of aromatic nitrogens is 2. The quantitative estimate of drug-likeness (QED) is 0.381. The van der Waals surface area contributed by atoms with Crippen LogP contribution in [0.5, 0.6) is 5.75 Å². The Bertz CT molecular complexity index is 1160. The first-order valence-electron chi connectivity index (χ1n) is 11.6. The third-order valence-corrected chi connectivity index (χ3v) is 5.59. The molecule has 2 aromatic carbocycles. The molecule has 3 rings (SSSR count). The summed E-state index contributed by atoms with van der Waals surface area (Å²) in [5, 5.41) is 25.5. The van der Waals surface area contributed by atoms with Gasteiger partial charge in [-0.1, -0.05) is 18.1 Å². The molecular formula is C26H34N4O5. The molecule has 0 spiro atoms. The molecule has 0 saturated heterocycles. The second-order valence-corrected chi connectivity index (χ2v) is 8.86. The molecule has 0 fully saturated rings. The van der Waals surface area contributed by atoms with E-state index in [1.165, 1.54) is 11.1 Å². The zero-order valence-corrected chi connectivity index (χ0v) is 21.0. The van der Waals surface area contributed by atoms with Crippen molar-refractivity contribution in [3.05, 3.63) is 52.6 Å². The largest absolute Gasteiger partial charge is 0.490 e.